The van der Waals surface area contributed by atoms with E-state index in [9.17, 15) is 4.79 Å². The molecule has 3 N–H and O–H groups in total. The number of pyridine rings is 1. The smallest absolute Gasteiger partial charge is 0.272 e. The Bertz CT molecular complexity index is 878. The van der Waals surface area contributed by atoms with Crippen LogP contribution in [0.5, 0.6) is 0 Å². The quantitative estimate of drug-likeness (QED) is 0.672. The standard InChI is InChI=1S/C16H18N6O/c1-10-3-2-4-14-19-11(9-22(10)14)7-18-16(23)15-12-8-17-6-5-13(12)20-21-15/h2-4,9,17H,5-8H2,1H3,(H,18,23)(H,20,21). The minimum Gasteiger partial charge on any atom is -0.345 e. The van der Waals surface area contributed by atoms with Crippen LogP contribution in [-0.4, -0.2) is 32.0 Å². The normalized spacial score (nSPS) is 14.0. The van der Waals surface area contributed by atoms with E-state index >= 15 is 0 Å². The van der Waals surface area contributed by atoms with Gasteiger partial charge in [0, 0.05) is 42.7 Å². The van der Waals surface area contributed by atoms with Gasteiger partial charge in [-0.3, -0.25) is 9.89 Å². The third-order valence-electron chi connectivity index (χ3n) is 4.20. The maximum absolute atomic E-state index is 12.4. The Balaban J connectivity index is 1.50. The molecule has 4 rings (SSSR count). The summed E-state index contributed by atoms with van der Waals surface area (Å²) in [6.07, 6.45) is 2.83. The summed E-state index contributed by atoms with van der Waals surface area (Å²) in [5.74, 6) is -0.167. The van der Waals surface area contributed by atoms with Crippen LogP contribution in [0.4, 0.5) is 0 Å². The lowest BCUT2D eigenvalue weighted by molar-refractivity contribution is 0.0944. The van der Waals surface area contributed by atoms with Crippen molar-refractivity contribution in [1.82, 2.24) is 30.2 Å². The lowest BCUT2D eigenvalue weighted by Gasteiger charge is -2.12. The molecule has 0 saturated heterocycles. The fourth-order valence-electron chi connectivity index (χ4n) is 2.95. The number of fused-ring (bicyclic) bond motifs is 2. The fourth-order valence-corrected chi connectivity index (χ4v) is 2.95. The Hall–Kier alpha value is -2.67. The average Bonchev–Trinajstić information content (AvgIpc) is 3.17. The highest BCUT2D eigenvalue weighted by Gasteiger charge is 2.21. The second kappa shape index (κ2) is 5.51. The molecule has 1 aliphatic rings. The first kappa shape index (κ1) is 14.0. The number of hydrogen-bond acceptors (Lipinski definition) is 4. The minimum atomic E-state index is -0.167. The van der Waals surface area contributed by atoms with Gasteiger partial charge in [-0.25, -0.2) is 4.98 Å². The first-order valence-electron chi connectivity index (χ1n) is 7.71. The summed E-state index contributed by atoms with van der Waals surface area (Å²) in [7, 11) is 0. The molecule has 0 atom stereocenters. The lowest BCUT2D eigenvalue weighted by Crippen LogP contribution is -2.28. The van der Waals surface area contributed by atoms with E-state index in [1.54, 1.807) is 0 Å². The molecule has 0 bridgehead atoms. The van der Waals surface area contributed by atoms with Crippen LogP contribution in [0.3, 0.4) is 0 Å². The van der Waals surface area contributed by atoms with Crippen molar-refractivity contribution in [2.24, 2.45) is 0 Å². The van der Waals surface area contributed by atoms with Crippen molar-refractivity contribution in [2.45, 2.75) is 26.4 Å². The third-order valence-corrected chi connectivity index (χ3v) is 4.20. The number of aromatic amines is 1. The number of carbonyl (C=O) groups excluding carboxylic acids is 1. The van der Waals surface area contributed by atoms with Crippen molar-refractivity contribution in [3.8, 4) is 0 Å². The molecule has 0 aliphatic carbocycles. The van der Waals surface area contributed by atoms with E-state index in [-0.39, 0.29) is 5.91 Å². The number of imidazole rings is 1. The molecule has 0 unspecified atom stereocenters. The summed E-state index contributed by atoms with van der Waals surface area (Å²) in [5.41, 5.74) is 5.33. The van der Waals surface area contributed by atoms with Crippen LogP contribution in [0.25, 0.3) is 5.65 Å². The number of aromatic nitrogens is 4. The van der Waals surface area contributed by atoms with Crippen molar-refractivity contribution in [2.75, 3.05) is 6.54 Å². The van der Waals surface area contributed by atoms with Gasteiger partial charge in [0.25, 0.3) is 5.91 Å². The first-order valence-corrected chi connectivity index (χ1v) is 7.71. The van der Waals surface area contributed by atoms with Gasteiger partial charge in [-0.15, -0.1) is 0 Å². The predicted octanol–water partition coefficient (Wildman–Crippen LogP) is 0.942. The Kier molecular flexibility index (Phi) is 3.34. The van der Waals surface area contributed by atoms with Crippen molar-refractivity contribution in [3.05, 3.63) is 52.7 Å². The summed E-state index contributed by atoms with van der Waals surface area (Å²) in [6, 6.07) is 5.96. The highest BCUT2D eigenvalue weighted by Crippen LogP contribution is 2.15. The van der Waals surface area contributed by atoms with Gasteiger partial charge in [-0.1, -0.05) is 6.07 Å². The van der Waals surface area contributed by atoms with E-state index < -0.39 is 0 Å². The van der Waals surface area contributed by atoms with E-state index in [4.69, 9.17) is 0 Å². The van der Waals surface area contributed by atoms with Gasteiger partial charge in [0.05, 0.1) is 12.2 Å². The van der Waals surface area contributed by atoms with Gasteiger partial charge in [0.2, 0.25) is 0 Å². The van der Waals surface area contributed by atoms with Crippen molar-refractivity contribution in [1.29, 1.82) is 0 Å². The van der Waals surface area contributed by atoms with Gasteiger partial charge in [0.1, 0.15) is 5.65 Å². The molecule has 118 valence electrons. The second-order valence-corrected chi connectivity index (χ2v) is 5.77. The highest BCUT2D eigenvalue weighted by molar-refractivity contribution is 5.93. The van der Waals surface area contributed by atoms with Gasteiger partial charge in [0.15, 0.2) is 5.69 Å². The van der Waals surface area contributed by atoms with E-state index in [1.807, 2.05) is 35.7 Å². The summed E-state index contributed by atoms with van der Waals surface area (Å²) < 4.78 is 2.02. The first-order chi connectivity index (χ1) is 11.2. The van der Waals surface area contributed by atoms with Crippen LogP contribution in [0, 0.1) is 6.92 Å². The number of aryl methyl sites for hydroxylation is 1. The Morgan fingerprint density at radius 3 is 3.22 bits per heavy atom. The molecule has 0 spiro atoms. The summed E-state index contributed by atoms with van der Waals surface area (Å²) >= 11 is 0. The Morgan fingerprint density at radius 1 is 1.43 bits per heavy atom. The number of rotatable bonds is 3. The lowest BCUT2D eigenvalue weighted by atomic mass is 10.1. The molecule has 7 nitrogen and oxygen atoms in total. The number of H-pyrrole nitrogens is 1. The molecule has 0 fully saturated rings. The summed E-state index contributed by atoms with van der Waals surface area (Å²) in [6.45, 7) is 4.01. The van der Waals surface area contributed by atoms with E-state index in [2.05, 4.69) is 25.8 Å². The number of nitrogens with zero attached hydrogens (tertiary/aromatic N) is 3. The molecule has 4 heterocycles. The summed E-state index contributed by atoms with van der Waals surface area (Å²) in [4.78, 5) is 16.9. The molecule has 0 saturated carbocycles. The van der Waals surface area contributed by atoms with Crippen molar-refractivity contribution in [3.63, 3.8) is 0 Å². The van der Waals surface area contributed by atoms with Crippen LogP contribution in [0.2, 0.25) is 0 Å². The van der Waals surface area contributed by atoms with Gasteiger partial charge in [-0.05, 0) is 19.1 Å². The predicted molar refractivity (Wildman–Crippen MR) is 85.1 cm³/mol. The Morgan fingerprint density at radius 2 is 2.35 bits per heavy atom. The van der Waals surface area contributed by atoms with E-state index in [1.165, 1.54) is 0 Å². The van der Waals surface area contributed by atoms with Crippen molar-refractivity contribution >= 4 is 11.6 Å². The largest absolute Gasteiger partial charge is 0.345 e. The third kappa shape index (κ3) is 2.49. The molecule has 7 heteroatoms. The number of hydrogen-bond donors (Lipinski definition) is 3. The average molecular weight is 310 g/mol. The zero-order valence-electron chi connectivity index (χ0n) is 12.9. The maximum atomic E-state index is 12.4. The second-order valence-electron chi connectivity index (χ2n) is 5.77. The number of carbonyl (C=O) groups is 1. The molecule has 23 heavy (non-hydrogen) atoms. The Labute approximate surface area is 133 Å². The molecule has 1 aliphatic heterocycles. The number of amides is 1. The van der Waals surface area contributed by atoms with Gasteiger partial charge < -0.3 is 15.0 Å². The van der Waals surface area contributed by atoms with Crippen LogP contribution >= 0.6 is 0 Å². The maximum Gasteiger partial charge on any atom is 0.272 e. The van der Waals surface area contributed by atoms with Crippen LogP contribution in [0.1, 0.15) is 33.1 Å². The van der Waals surface area contributed by atoms with Crippen LogP contribution in [-0.2, 0) is 19.5 Å². The monoisotopic (exact) mass is 310 g/mol. The zero-order valence-corrected chi connectivity index (χ0v) is 12.9. The molecular formula is C16H18N6O. The molecule has 3 aromatic heterocycles. The van der Waals surface area contributed by atoms with Gasteiger partial charge >= 0.3 is 0 Å². The minimum absolute atomic E-state index is 0.167. The van der Waals surface area contributed by atoms with E-state index in [0.29, 0.717) is 18.8 Å². The molecule has 3 aromatic rings. The van der Waals surface area contributed by atoms with Crippen LogP contribution in [0.15, 0.2) is 24.4 Å². The summed E-state index contributed by atoms with van der Waals surface area (Å²) in [5, 5.41) is 13.3. The molecule has 0 aromatic carbocycles. The molecule has 0 radical (unpaired) electrons. The zero-order chi connectivity index (χ0) is 15.8. The molecular weight excluding hydrogens is 292 g/mol. The topological polar surface area (TPSA) is 87.1 Å². The van der Waals surface area contributed by atoms with Crippen molar-refractivity contribution < 1.29 is 4.79 Å². The SMILES string of the molecule is Cc1cccc2nc(CNC(=O)c3n[nH]c4c3CNCC4)cn12. The van der Waals surface area contributed by atoms with Gasteiger partial charge in [-0.2, -0.15) is 5.10 Å². The molecule has 1 amide bonds. The van der Waals surface area contributed by atoms with E-state index in [0.717, 1.165) is 41.3 Å². The fraction of sp³-hybridized carbons (Fsp3) is 0.312. The number of nitrogens with one attached hydrogen (secondary N) is 3. The highest BCUT2D eigenvalue weighted by atomic mass is 16.1. The van der Waals surface area contributed by atoms with Crippen LogP contribution < -0.4 is 10.6 Å².